The summed E-state index contributed by atoms with van der Waals surface area (Å²) in [6, 6.07) is 4.55. The minimum Gasteiger partial charge on any atom is -0.394 e. The molecule has 170 valence electrons. The summed E-state index contributed by atoms with van der Waals surface area (Å²) in [7, 11) is 0. The molecule has 0 aromatic heterocycles. The number of hydrogen-bond donors (Lipinski definition) is 4. The molecule has 0 saturated carbocycles. The normalized spacial score (nSPS) is 13.2. The Balaban J connectivity index is 2.02. The molecule has 2 aromatic carbocycles. The van der Waals surface area contributed by atoms with Crippen molar-refractivity contribution in [1.82, 2.24) is 15.7 Å². The SMILES string of the molecule is O=C(NOCCO)c1cc(CN2C=CCNC2=O)c(F)c(F)c1Nc1ccc(I)cc1F. The Kier molecular flexibility index (Phi) is 7.93. The van der Waals surface area contributed by atoms with Crippen molar-refractivity contribution in [3.05, 3.63) is 68.7 Å². The van der Waals surface area contributed by atoms with Crippen molar-refractivity contribution in [3.63, 3.8) is 0 Å². The molecule has 1 aliphatic heterocycles. The molecular formula is C20H18F3IN4O4. The predicted octanol–water partition coefficient (Wildman–Crippen LogP) is 3.14. The Labute approximate surface area is 194 Å². The first-order valence-electron chi connectivity index (χ1n) is 9.29. The lowest BCUT2D eigenvalue weighted by molar-refractivity contribution is 0.0168. The largest absolute Gasteiger partial charge is 0.394 e. The molecule has 1 heterocycles. The third-order valence-corrected chi connectivity index (χ3v) is 5.00. The van der Waals surface area contributed by atoms with Crippen LogP contribution in [0.25, 0.3) is 0 Å². The smallest absolute Gasteiger partial charge is 0.321 e. The molecule has 0 spiro atoms. The van der Waals surface area contributed by atoms with Gasteiger partial charge in [-0.3, -0.25) is 14.5 Å². The highest BCUT2D eigenvalue weighted by Crippen LogP contribution is 2.31. The maximum Gasteiger partial charge on any atom is 0.321 e. The van der Waals surface area contributed by atoms with E-state index in [1.165, 1.54) is 18.3 Å². The molecule has 3 amide bonds. The fraction of sp³-hybridized carbons (Fsp3) is 0.200. The molecule has 12 heteroatoms. The predicted molar refractivity (Wildman–Crippen MR) is 117 cm³/mol. The number of amides is 3. The summed E-state index contributed by atoms with van der Waals surface area (Å²) in [4.78, 5) is 30.4. The van der Waals surface area contributed by atoms with Crippen molar-refractivity contribution in [2.75, 3.05) is 25.1 Å². The van der Waals surface area contributed by atoms with E-state index in [1.54, 1.807) is 12.1 Å². The van der Waals surface area contributed by atoms with E-state index in [-0.39, 0.29) is 24.4 Å². The summed E-state index contributed by atoms with van der Waals surface area (Å²) < 4.78 is 44.8. The van der Waals surface area contributed by atoms with Crippen molar-refractivity contribution in [2.24, 2.45) is 0 Å². The van der Waals surface area contributed by atoms with Gasteiger partial charge in [-0.05, 0) is 52.9 Å². The number of hydrogen-bond acceptors (Lipinski definition) is 5. The van der Waals surface area contributed by atoms with Gasteiger partial charge in [0.1, 0.15) is 5.82 Å². The Morgan fingerprint density at radius 1 is 1.25 bits per heavy atom. The Morgan fingerprint density at radius 2 is 2.03 bits per heavy atom. The number of anilines is 2. The average molecular weight is 562 g/mol. The van der Waals surface area contributed by atoms with Crippen LogP contribution < -0.4 is 16.1 Å². The number of aliphatic hydroxyl groups excluding tert-OH is 1. The maximum atomic E-state index is 15.1. The molecule has 0 atom stereocenters. The van der Waals surface area contributed by atoms with E-state index in [0.29, 0.717) is 10.1 Å². The standard InChI is InChI=1S/C20H18F3IN4O4/c21-14-9-12(24)2-3-15(14)26-18-13(19(30)27-32-7-6-29)8-11(16(22)17(18)23)10-28-5-1-4-25-20(28)31/h1-3,5,8-9,26,29H,4,6-7,10H2,(H,25,31)(H,27,30). The molecule has 3 rings (SSSR count). The lowest BCUT2D eigenvalue weighted by atomic mass is 10.0. The van der Waals surface area contributed by atoms with E-state index in [2.05, 4.69) is 10.6 Å². The number of aliphatic hydroxyl groups is 1. The lowest BCUT2D eigenvalue weighted by Gasteiger charge is -2.23. The molecule has 0 radical (unpaired) electrons. The van der Waals surface area contributed by atoms with Gasteiger partial charge in [0.25, 0.3) is 5.91 Å². The van der Waals surface area contributed by atoms with Gasteiger partial charge >= 0.3 is 6.03 Å². The van der Waals surface area contributed by atoms with Crippen molar-refractivity contribution in [3.8, 4) is 0 Å². The molecule has 1 aliphatic rings. The average Bonchev–Trinajstić information content (AvgIpc) is 2.76. The molecule has 0 aliphatic carbocycles. The zero-order valence-corrected chi connectivity index (χ0v) is 18.6. The van der Waals surface area contributed by atoms with E-state index >= 15 is 4.39 Å². The zero-order chi connectivity index (χ0) is 23.3. The molecule has 0 fully saturated rings. The summed E-state index contributed by atoms with van der Waals surface area (Å²) >= 11 is 1.89. The molecule has 4 N–H and O–H groups in total. The molecule has 32 heavy (non-hydrogen) atoms. The van der Waals surface area contributed by atoms with Crippen LogP contribution in [-0.4, -0.2) is 41.7 Å². The minimum absolute atomic E-state index is 0.180. The second-order valence-electron chi connectivity index (χ2n) is 6.54. The van der Waals surface area contributed by atoms with E-state index in [1.807, 2.05) is 28.1 Å². The van der Waals surface area contributed by atoms with Crippen LogP contribution in [0.3, 0.4) is 0 Å². The van der Waals surface area contributed by atoms with Crippen molar-refractivity contribution in [1.29, 1.82) is 0 Å². The molecular weight excluding hydrogens is 544 g/mol. The monoisotopic (exact) mass is 562 g/mol. The van der Waals surface area contributed by atoms with Crippen LogP contribution in [0.15, 0.2) is 36.5 Å². The molecule has 8 nitrogen and oxygen atoms in total. The van der Waals surface area contributed by atoms with E-state index < -0.39 is 47.2 Å². The lowest BCUT2D eigenvalue weighted by Crippen LogP contribution is -2.39. The topological polar surface area (TPSA) is 103 Å². The van der Waals surface area contributed by atoms with Gasteiger partial charge in [0.2, 0.25) is 0 Å². The van der Waals surface area contributed by atoms with Crippen LogP contribution in [0, 0.1) is 21.0 Å². The number of rotatable bonds is 8. The number of halogens is 4. The fourth-order valence-electron chi connectivity index (χ4n) is 2.84. The zero-order valence-electron chi connectivity index (χ0n) is 16.4. The number of benzene rings is 2. The molecule has 0 saturated heterocycles. The highest BCUT2D eigenvalue weighted by Gasteiger charge is 2.26. The van der Waals surface area contributed by atoms with Crippen LogP contribution in [-0.2, 0) is 11.4 Å². The Hall–Kier alpha value is -2.84. The highest BCUT2D eigenvalue weighted by molar-refractivity contribution is 14.1. The van der Waals surface area contributed by atoms with Crippen molar-refractivity contribution >= 4 is 45.9 Å². The summed E-state index contributed by atoms with van der Waals surface area (Å²) in [6.45, 7) is -0.693. The Morgan fingerprint density at radius 3 is 2.72 bits per heavy atom. The van der Waals surface area contributed by atoms with Gasteiger partial charge in [0.15, 0.2) is 11.6 Å². The maximum absolute atomic E-state index is 15.1. The Bertz CT molecular complexity index is 1070. The molecule has 0 bridgehead atoms. The molecule has 2 aromatic rings. The summed E-state index contributed by atoms with van der Waals surface area (Å²) in [5, 5.41) is 13.7. The first-order valence-corrected chi connectivity index (χ1v) is 10.4. The number of carbonyl (C=O) groups is 2. The number of urea groups is 1. The molecule has 0 unspecified atom stereocenters. The van der Waals surface area contributed by atoms with Crippen LogP contribution in [0.5, 0.6) is 0 Å². The summed E-state index contributed by atoms with van der Waals surface area (Å²) in [6.07, 6.45) is 3.02. The van der Waals surface area contributed by atoms with Crippen LogP contribution in [0.2, 0.25) is 0 Å². The van der Waals surface area contributed by atoms with E-state index in [0.717, 1.165) is 11.0 Å². The van der Waals surface area contributed by atoms with Gasteiger partial charge in [0, 0.05) is 21.9 Å². The van der Waals surface area contributed by atoms with Gasteiger partial charge in [0.05, 0.1) is 36.7 Å². The van der Waals surface area contributed by atoms with Crippen LogP contribution in [0.1, 0.15) is 15.9 Å². The van der Waals surface area contributed by atoms with Crippen LogP contribution in [0.4, 0.5) is 29.3 Å². The fourth-order valence-corrected chi connectivity index (χ4v) is 3.29. The third-order valence-electron chi connectivity index (χ3n) is 4.33. The van der Waals surface area contributed by atoms with E-state index in [9.17, 15) is 18.4 Å². The highest BCUT2D eigenvalue weighted by atomic mass is 127. The van der Waals surface area contributed by atoms with Gasteiger partial charge in [-0.2, -0.15) is 0 Å². The van der Waals surface area contributed by atoms with Crippen LogP contribution >= 0.6 is 22.6 Å². The van der Waals surface area contributed by atoms with Gasteiger partial charge < -0.3 is 15.7 Å². The number of carbonyl (C=O) groups excluding carboxylic acids is 2. The van der Waals surface area contributed by atoms with Crippen molar-refractivity contribution < 1.29 is 32.7 Å². The van der Waals surface area contributed by atoms with Gasteiger partial charge in [-0.15, -0.1) is 0 Å². The summed E-state index contributed by atoms with van der Waals surface area (Å²) in [5.74, 6) is -4.45. The van der Waals surface area contributed by atoms with E-state index in [4.69, 9.17) is 9.94 Å². The first kappa shape index (κ1) is 23.8. The van der Waals surface area contributed by atoms with Crippen molar-refractivity contribution in [2.45, 2.75) is 6.54 Å². The minimum atomic E-state index is -1.44. The third kappa shape index (κ3) is 5.49. The van der Waals surface area contributed by atoms with Gasteiger partial charge in [-0.25, -0.2) is 23.4 Å². The number of nitrogens with one attached hydrogen (secondary N) is 3. The number of nitrogens with zero attached hydrogens (tertiary/aromatic N) is 1. The second-order valence-corrected chi connectivity index (χ2v) is 7.78. The quantitative estimate of drug-likeness (QED) is 0.225. The second kappa shape index (κ2) is 10.7. The van der Waals surface area contributed by atoms with Gasteiger partial charge in [-0.1, -0.05) is 0 Å². The number of hydroxylamine groups is 1. The first-order chi connectivity index (χ1) is 15.3. The summed E-state index contributed by atoms with van der Waals surface area (Å²) in [5.41, 5.74) is 0.531.